The summed E-state index contributed by atoms with van der Waals surface area (Å²) in [4.78, 5) is 0. The van der Waals surface area contributed by atoms with Crippen LogP contribution in [0.5, 0.6) is 0 Å². The average Bonchev–Trinajstić information content (AvgIpc) is 2.47. The molecule has 5 nitrogen and oxygen atoms in total. The molecule has 0 amide bonds. The Kier molecular flexibility index (Phi) is 3.91. The molecule has 0 radical (unpaired) electrons. The first-order valence-corrected chi connectivity index (χ1v) is 7.13. The van der Waals surface area contributed by atoms with E-state index in [1.165, 1.54) is 0 Å². The summed E-state index contributed by atoms with van der Waals surface area (Å²) < 4.78 is 12.5. The lowest BCUT2D eigenvalue weighted by Gasteiger charge is -2.19. The highest BCUT2D eigenvalue weighted by Gasteiger charge is 2.24. The standard InChI is InChI=1S/C12H15N4OP/c13-15-18(17,16-14)12-9-5-4-8-11(12)10-6-2-1-3-7-10/h1-9H,13-14H2,(H2,15,16,17). The highest BCUT2D eigenvalue weighted by molar-refractivity contribution is 7.67. The Morgan fingerprint density at radius 3 is 2.00 bits per heavy atom. The molecule has 2 rings (SSSR count). The summed E-state index contributed by atoms with van der Waals surface area (Å²) in [6.45, 7) is 0. The van der Waals surface area contributed by atoms with Crippen LogP contribution in [0.15, 0.2) is 54.6 Å². The first kappa shape index (κ1) is 13.0. The minimum atomic E-state index is -3.18. The molecule has 0 aliphatic rings. The number of hydrogen-bond acceptors (Lipinski definition) is 3. The molecule has 0 saturated carbocycles. The fourth-order valence-electron chi connectivity index (χ4n) is 1.79. The number of nitrogens with two attached hydrogens (primary N) is 2. The Balaban J connectivity index is 2.61. The normalized spacial score (nSPS) is 11.4. The van der Waals surface area contributed by atoms with Gasteiger partial charge in [-0.2, -0.15) is 10.4 Å². The van der Waals surface area contributed by atoms with Crippen molar-refractivity contribution in [3.8, 4) is 11.1 Å². The number of hydrogen-bond donors (Lipinski definition) is 4. The summed E-state index contributed by atoms with van der Waals surface area (Å²) in [5, 5.41) is 5.10. The van der Waals surface area contributed by atoms with E-state index in [2.05, 4.69) is 10.4 Å². The zero-order valence-corrected chi connectivity index (χ0v) is 10.6. The Morgan fingerprint density at radius 1 is 0.833 bits per heavy atom. The Hall–Kier alpha value is -1.49. The second kappa shape index (κ2) is 5.44. The lowest BCUT2D eigenvalue weighted by Crippen LogP contribution is -2.37. The van der Waals surface area contributed by atoms with Crippen LogP contribution in [0.1, 0.15) is 0 Å². The molecule has 2 aromatic carbocycles. The van der Waals surface area contributed by atoms with E-state index in [0.717, 1.165) is 11.1 Å². The van der Waals surface area contributed by atoms with Crippen molar-refractivity contribution in [2.45, 2.75) is 0 Å². The van der Waals surface area contributed by atoms with Crippen LogP contribution in [0.25, 0.3) is 11.1 Å². The summed E-state index contributed by atoms with van der Waals surface area (Å²) in [7, 11) is -3.18. The van der Waals surface area contributed by atoms with Gasteiger partial charge in [-0.05, 0) is 17.2 Å². The van der Waals surface area contributed by atoms with Gasteiger partial charge < -0.3 is 0 Å². The molecule has 0 aliphatic carbocycles. The van der Waals surface area contributed by atoms with Gasteiger partial charge in [-0.25, -0.2) is 0 Å². The van der Waals surface area contributed by atoms with Crippen molar-refractivity contribution in [3.05, 3.63) is 54.6 Å². The molecule has 0 heterocycles. The molecule has 0 spiro atoms. The summed E-state index contributed by atoms with van der Waals surface area (Å²) in [5.74, 6) is 10.7. The van der Waals surface area contributed by atoms with Gasteiger partial charge in [-0.3, -0.25) is 16.3 Å². The van der Waals surface area contributed by atoms with Crippen molar-refractivity contribution in [2.75, 3.05) is 0 Å². The van der Waals surface area contributed by atoms with Gasteiger partial charge in [0.2, 0.25) is 0 Å². The van der Waals surface area contributed by atoms with Gasteiger partial charge in [0, 0.05) is 5.30 Å². The maximum Gasteiger partial charge on any atom is 0.266 e. The minimum absolute atomic E-state index is 0.557. The average molecular weight is 262 g/mol. The topological polar surface area (TPSA) is 93.2 Å². The lowest BCUT2D eigenvalue weighted by molar-refractivity contribution is 0.564. The molecule has 94 valence electrons. The van der Waals surface area contributed by atoms with Crippen molar-refractivity contribution >= 4 is 12.7 Å². The van der Waals surface area contributed by atoms with Gasteiger partial charge in [0.25, 0.3) is 7.44 Å². The van der Waals surface area contributed by atoms with Crippen LogP contribution in [0.2, 0.25) is 0 Å². The number of hydrazine groups is 2. The lowest BCUT2D eigenvalue weighted by atomic mass is 10.1. The third-order valence-electron chi connectivity index (χ3n) is 2.69. The predicted molar refractivity (Wildman–Crippen MR) is 73.8 cm³/mol. The van der Waals surface area contributed by atoms with E-state index < -0.39 is 7.44 Å². The van der Waals surface area contributed by atoms with E-state index in [9.17, 15) is 4.57 Å². The molecule has 0 atom stereocenters. The van der Waals surface area contributed by atoms with E-state index in [1.807, 2.05) is 42.5 Å². The van der Waals surface area contributed by atoms with Crippen molar-refractivity contribution in [3.63, 3.8) is 0 Å². The van der Waals surface area contributed by atoms with Crippen LogP contribution in [-0.4, -0.2) is 0 Å². The van der Waals surface area contributed by atoms with Crippen LogP contribution in [-0.2, 0) is 4.57 Å². The van der Waals surface area contributed by atoms with Crippen molar-refractivity contribution in [2.24, 2.45) is 11.7 Å². The molecule has 0 aromatic heterocycles. The summed E-state index contributed by atoms with van der Waals surface area (Å²) in [6, 6.07) is 16.9. The SMILES string of the molecule is NNP(=O)(NN)c1ccccc1-c1ccccc1. The number of benzene rings is 2. The zero-order chi connectivity index (χ0) is 13.0. The largest absolute Gasteiger partial charge is 0.281 e. The predicted octanol–water partition coefficient (Wildman–Crippen LogP) is 1.10. The van der Waals surface area contributed by atoms with E-state index >= 15 is 0 Å². The van der Waals surface area contributed by atoms with Crippen LogP contribution in [0.3, 0.4) is 0 Å². The van der Waals surface area contributed by atoms with E-state index in [4.69, 9.17) is 11.7 Å². The maximum absolute atomic E-state index is 12.5. The monoisotopic (exact) mass is 262 g/mol. The van der Waals surface area contributed by atoms with E-state index in [1.54, 1.807) is 12.1 Å². The molecular weight excluding hydrogens is 247 g/mol. The van der Waals surface area contributed by atoms with E-state index in [0.29, 0.717) is 5.30 Å². The van der Waals surface area contributed by atoms with Crippen LogP contribution < -0.4 is 27.4 Å². The highest BCUT2D eigenvalue weighted by Crippen LogP contribution is 2.36. The molecule has 2 aromatic rings. The van der Waals surface area contributed by atoms with Crippen LogP contribution in [0.4, 0.5) is 0 Å². The smallest absolute Gasteiger partial charge is 0.266 e. The summed E-state index contributed by atoms with van der Waals surface area (Å²) >= 11 is 0. The van der Waals surface area contributed by atoms with Crippen molar-refractivity contribution in [1.82, 2.24) is 10.4 Å². The summed E-state index contributed by atoms with van der Waals surface area (Å²) in [5.41, 5.74) is 1.79. The quantitative estimate of drug-likeness (QED) is 0.376. The van der Waals surface area contributed by atoms with Crippen LogP contribution in [0, 0.1) is 0 Å². The molecular formula is C12H15N4OP. The molecule has 0 unspecified atom stereocenters. The van der Waals surface area contributed by atoms with Gasteiger partial charge in [0.05, 0.1) is 0 Å². The third kappa shape index (κ3) is 2.36. The molecule has 0 bridgehead atoms. The Bertz CT molecular complexity index is 565. The molecule has 0 fully saturated rings. The molecule has 6 heteroatoms. The molecule has 0 aliphatic heterocycles. The second-order valence-corrected chi connectivity index (χ2v) is 5.97. The fourth-order valence-corrected chi connectivity index (χ4v) is 2.98. The second-order valence-electron chi connectivity index (χ2n) is 3.75. The van der Waals surface area contributed by atoms with Crippen molar-refractivity contribution < 1.29 is 4.57 Å². The fraction of sp³-hybridized carbons (Fsp3) is 0. The van der Waals surface area contributed by atoms with E-state index in [-0.39, 0.29) is 0 Å². The van der Waals surface area contributed by atoms with Gasteiger partial charge >= 0.3 is 0 Å². The van der Waals surface area contributed by atoms with Gasteiger partial charge in [0.1, 0.15) is 0 Å². The Morgan fingerprint density at radius 2 is 1.39 bits per heavy atom. The first-order valence-electron chi connectivity index (χ1n) is 5.42. The molecule has 6 N–H and O–H groups in total. The van der Waals surface area contributed by atoms with Gasteiger partial charge in [0.15, 0.2) is 0 Å². The van der Waals surface area contributed by atoms with Crippen LogP contribution >= 0.6 is 7.44 Å². The number of rotatable bonds is 4. The maximum atomic E-state index is 12.5. The van der Waals surface area contributed by atoms with Gasteiger partial charge in [-0.1, -0.05) is 48.5 Å². The number of nitrogens with one attached hydrogen (secondary N) is 2. The van der Waals surface area contributed by atoms with Gasteiger partial charge in [-0.15, -0.1) is 0 Å². The van der Waals surface area contributed by atoms with Crippen molar-refractivity contribution in [1.29, 1.82) is 0 Å². The highest BCUT2D eigenvalue weighted by atomic mass is 31.2. The summed E-state index contributed by atoms with van der Waals surface area (Å²) in [6.07, 6.45) is 0. The Labute approximate surface area is 106 Å². The zero-order valence-electron chi connectivity index (χ0n) is 9.71. The first-order chi connectivity index (χ1) is 8.71. The third-order valence-corrected chi connectivity index (χ3v) is 4.49. The molecule has 0 saturated heterocycles. The molecule has 18 heavy (non-hydrogen) atoms. The minimum Gasteiger partial charge on any atom is -0.281 e.